The number of carbonyl (C=O) groups excluding carboxylic acids is 3. The number of nitrogens with two attached hydrogens (primary N) is 1. The van der Waals surface area contributed by atoms with E-state index in [-0.39, 0.29) is 24.1 Å². The minimum atomic E-state index is -0.568. The second-order valence-electron chi connectivity index (χ2n) is 8.76. The number of imide groups is 1. The summed E-state index contributed by atoms with van der Waals surface area (Å²) in [4.78, 5) is 38.1. The molecule has 1 aliphatic carbocycles. The maximum Gasteiger partial charge on any atom is 0.255 e. The van der Waals surface area contributed by atoms with E-state index < -0.39 is 6.04 Å². The molecular weight excluding hydrogens is 396 g/mol. The molecule has 1 saturated heterocycles. The number of amides is 3. The van der Waals surface area contributed by atoms with Gasteiger partial charge in [0.05, 0.1) is 6.10 Å². The van der Waals surface area contributed by atoms with E-state index in [1.54, 1.807) is 4.90 Å². The fourth-order valence-electron chi connectivity index (χ4n) is 4.74. The number of nitrogens with zero attached hydrogens (tertiary/aromatic N) is 1. The van der Waals surface area contributed by atoms with E-state index in [4.69, 9.17) is 10.5 Å². The summed E-state index contributed by atoms with van der Waals surface area (Å²) in [5.74, 6) is -0.765. The molecule has 0 spiro atoms. The normalized spacial score (nSPS) is 26.2. The van der Waals surface area contributed by atoms with Gasteiger partial charge in [-0.15, -0.1) is 0 Å². The van der Waals surface area contributed by atoms with Crippen molar-refractivity contribution in [2.24, 2.45) is 5.73 Å². The van der Waals surface area contributed by atoms with Gasteiger partial charge in [0.1, 0.15) is 6.04 Å². The maximum absolute atomic E-state index is 12.9. The Morgan fingerprint density at radius 3 is 2.68 bits per heavy atom. The van der Waals surface area contributed by atoms with E-state index in [9.17, 15) is 14.4 Å². The molecule has 168 valence electrons. The fraction of sp³-hybridized carbons (Fsp3) is 0.609. The van der Waals surface area contributed by atoms with E-state index in [0.29, 0.717) is 43.8 Å². The Hall–Kier alpha value is -2.29. The van der Waals surface area contributed by atoms with Crippen LogP contribution in [0.3, 0.4) is 0 Å². The van der Waals surface area contributed by atoms with Gasteiger partial charge in [0.2, 0.25) is 11.8 Å². The predicted octanol–water partition coefficient (Wildman–Crippen LogP) is 1.21. The van der Waals surface area contributed by atoms with Crippen LogP contribution in [0, 0.1) is 0 Å². The molecule has 4 rings (SSSR count). The zero-order chi connectivity index (χ0) is 21.8. The molecule has 0 radical (unpaired) electrons. The number of carbonyl (C=O) groups is 3. The molecule has 0 bridgehead atoms. The van der Waals surface area contributed by atoms with Crippen molar-refractivity contribution in [1.82, 2.24) is 15.5 Å². The van der Waals surface area contributed by atoms with Crippen molar-refractivity contribution >= 4 is 17.7 Å². The average molecular weight is 429 g/mol. The summed E-state index contributed by atoms with van der Waals surface area (Å²) in [6.07, 6.45) is 6.21. The standard InChI is InChI=1S/C23H32N4O4/c24-10-1-11-31-18-6-4-17(5-7-18)25-13-15-2-3-16-14-27(23(30)19(16)12-15)20-8-9-21(28)26-22(20)29/h2-3,12,17-18,20,25H,1,4-11,13-14,24H2,(H,26,28,29). The number of hydrogen-bond donors (Lipinski definition) is 3. The second-order valence-corrected chi connectivity index (χ2v) is 8.76. The maximum atomic E-state index is 12.9. The van der Waals surface area contributed by atoms with E-state index in [0.717, 1.165) is 49.8 Å². The first-order valence-electron chi connectivity index (χ1n) is 11.4. The quantitative estimate of drug-likeness (QED) is 0.424. The van der Waals surface area contributed by atoms with Crippen molar-refractivity contribution in [3.63, 3.8) is 0 Å². The Morgan fingerprint density at radius 1 is 1.13 bits per heavy atom. The number of benzene rings is 1. The highest BCUT2D eigenvalue weighted by molar-refractivity contribution is 6.05. The largest absolute Gasteiger partial charge is 0.378 e. The number of hydrogen-bond acceptors (Lipinski definition) is 6. The highest BCUT2D eigenvalue weighted by atomic mass is 16.5. The molecule has 4 N–H and O–H groups in total. The third-order valence-corrected chi connectivity index (χ3v) is 6.56. The van der Waals surface area contributed by atoms with Gasteiger partial charge in [0, 0.05) is 37.7 Å². The van der Waals surface area contributed by atoms with Crippen LogP contribution in [0.5, 0.6) is 0 Å². The molecule has 2 heterocycles. The van der Waals surface area contributed by atoms with Gasteiger partial charge in [-0.1, -0.05) is 12.1 Å². The molecule has 1 unspecified atom stereocenters. The molecule has 31 heavy (non-hydrogen) atoms. The molecular formula is C23H32N4O4. The summed E-state index contributed by atoms with van der Waals surface area (Å²) >= 11 is 0. The molecule has 1 aromatic rings. The van der Waals surface area contributed by atoms with Gasteiger partial charge in [-0.3, -0.25) is 19.7 Å². The van der Waals surface area contributed by atoms with Crippen molar-refractivity contribution < 1.29 is 19.1 Å². The van der Waals surface area contributed by atoms with Crippen molar-refractivity contribution in [1.29, 1.82) is 0 Å². The van der Waals surface area contributed by atoms with Gasteiger partial charge in [-0.2, -0.15) is 0 Å². The van der Waals surface area contributed by atoms with Gasteiger partial charge < -0.3 is 20.7 Å². The Balaban J connectivity index is 1.29. The van der Waals surface area contributed by atoms with E-state index >= 15 is 0 Å². The highest BCUT2D eigenvalue weighted by Crippen LogP contribution is 2.28. The summed E-state index contributed by atoms with van der Waals surface area (Å²) in [6, 6.07) is 5.87. The molecule has 3 aliphatic rings. The van der Waals surface area contributed by atoms with Crippen molar-refractivity contribution in [3.05, 3.63) is 34.9 Å². The lowest BCUT2D eigenvalue weighted by Crippen LogP contribution is -2.52. The minimum Gasteiger partial charge on any atom is -0.378 e. The number of rotatable bonds is 8. The third kappa shape index (κ3) is 5.14. The summed E-state index contributed by atoms with van der Waals surface area (Å²) in [5.41, 5.74) is 8.19. The first-order valence-corrected chi connectivity index (χ1v) is 11.4. The molecule has 0 aromatic heterocycles. The molecule has 3 amide bonds. The number of fused-ring (bicyclic) bond motifs is 1. The van der Waals surface area contributed by atoms with Gasteiger partial charge in [0.25, 0.3) is 5.91 Å². The summed E-state index contributed by atoms with van der Waals surface area (Å²) in [7, 11) is 0. The highest BCUT2D eigenvalue weighted by Gasteiger charge is 2.39. The van der Waals surface area contributed by atoms with E-state index in [1.165, 1.54) is 0 Å². The summed E-state index contributed by atoms with van der Waals surface area (Å²) in [5, 5.41) is 5.96. The number of piperidine rings is 1. The van der Waals surface area contributed by atoms with Crippen LogP contribution in [0.15, 0.2) is 18.2 Å². The van der Waals surface area contributed by atoms with Crippen molar-refractivity contribution in [2.75, 3.05) is 13.2 Å². The monoisotopic (exact) mass is 428 g/mol. The lowest BCUT2D eigenvalue weighted by Gasteiger charge is -2.29. The van der Waals surface area contributed by atoms with Gasteiger partial charge in [-0.25, -0.2) is 0 Å². The zero-order valence-electron chi connectivity index (χ0n) is 17.9. The lowest BCUT2D eigenvalue weighted by atomic mass is 9.92. The SMILES string of the molecule is NCCCOC1CCC(NCc2ccc3c(c2)C(=O)N(C2CCC(=O)NC2=O)C3)CC1. The van der Waals surface area contributed by atoms with Gasteiger partial charge >= 0.3 is 0 Å². The Kier molecular flexibility index (Phi) is 6.99. The summed E-state index contributed by atoms with van der Waals surface area (Å²) < 4.78 is 5.87. The molecule has 8 heteroatoms. The molecule has 2 aliphatic heterocycles. The fourth-order valence-corrected chi connectivity index (χ4v) is 4.74. The van der Waals surface area contributed by atoms with Crippen molar-refractivity contribution in [2.45, 2.75) is 76.2 Å². The van der Waals surface area contributed by atoms with Crippen LogP contribution in [0.25, 0.3) is 0 Å². The van der Waals surface area contributed by atoms with Crippen LogP contribution < -0.4 is 16.4 Å². The number of ether oxygens (including phenoxy) is 1. The topological polar surface area (TPSA) is 114 Å². The molecule has 1 saturated carbocycles. The molecule has 8 nitrogen and oxygen atoms in total. The summed E-state index contributed by atoms with van der Waals surface area (Å²) in [6.45, 7) is 2.55. The minimum absolute atomic E-state index is 0.124. The smallest absolute Gasteiger partial charge is 0.255 e. The number of nitrogens with one attached hydrogen (secondary N) is 2. The van der Waals surface area contributed by atoms with Crippen LogP contribution in [-0.4, -0.2) is 54.0 Å². The lowest BCUT2D eigenvalue weighted by molar-refractivity contribution is -0.136. The van der Waals surface area contributed by atoms with Crippen LogP contribution >= 0.6 is 0 Å². The van der Waals surface area contributed by atoms with E-state index in [2.05, 4.69) is 16.7 Å². The van der Waals surface area contributed by atoms with Crippen LogP contribution in [-0.2, 0) is 27.4 Å². The Morgan fingerprint density at radius 2 is 1.94 bits per heavy atom. The zero-order valence-corrected chi connectivity index (χ0v) is 17.9. The van der Waals surface area contributed by atoms with Crippen LogP contribution in [0.1, 0.15) is 66.4 Å². The Labute approximate surface area is 182 Å². The van der Waals surface area contributed by atoms with Crippen molar-refractivity contribution in [3.8, 4) is 0 Å². The van der Waals surface area contributed by atoms with Crippen LogP contribution in [0.4, 0.5) is 0 Å². The molecule has 1 aromatic carbocycles. The van der Waals surface area contributed by atoms with Gasteiger partial charge in [0.15, 0.2) is 0 Å². The Bertz CT molecular complexity index is 835. The first-order chi connectivity index (χ1) is 15.0. The van der Waals surface area contributed by atoms with Crippen LogP contribution in [0.2, 0.25) is 0 Å². The average Bonchev–Trinajstić information content (AvgIpc) is 3.09. The second kappa shape index (κ2) is 9.89. The molecule has 1 atom stereocenters. The van der Waals surface area contributed by atoms with Gasteiger partial charge in [-0.05, 0) is 62.3 Å². The van der Waals surface area contributed by atoms with E-state index in [1.807, 2.05) is 12.1 Å². The first kappa shape index (κ1) is 21.9. The predicted molar refractivity (Wildman–Crippen MR) is 115 cm³/mol. The molecule has 2 fully saturated rings. The third-order valence-electron chi connectivity index (χ3n) is 6.56.